The number of anilines is 2. The summed E-state index contributed by atoms with van der Waals surface area (Å²) >= 11 is 0. The molecule has 4 aromatic rings. The number of nitro benzene ring substituents is 1. The molecule has 0 unspecified atom stereocenters. The van der Waals surface area contributed by atoms with E-state index >= 15 is 0 Å². The lowest BCUT2D eigenvalue weighted by Gasteiger charge is -2.23. The zero-order chi connectivity index (χ0) is 19.5. The largest absolute Gasteiger partial charge is 0.277 e. The standard InChI is InChI=1S/C23H16N2O3/c26-23(18-11-13-21(14-12-18)25(27)28)24(20-8-2-1-3-9-20)22-15-10-17-6-4-5-7-19(17)16-22/h1-16H. The molecule has 0 aromatic heterocycles. The van der Waals surface area contributed by atoms with Crippen LogP contribution in [0.15, 0.2) is 97.1 Å². The Balaban J connectivity index is 1.81. The molecule has 0 radical (unpaired) electrons. The molecule has 0 saturated carbocycles. The second-order valence-electron chi connectivity index (χ2n) is 6.31. The van der Waals surface area contributed by atoms with E-state index < -0.39 is 4.92 Å². The van der Waals surface area contributed by atoms with Crippen LogP contribution in [0.5, 0.6) is 0 Å². The smallest absolute Gasteiger partial charge is 0.269 e. The molecule has 0 N–H and O–H groups in total. The summed E-state index contributed by atoms with van der Waals surface area (Å²) in [5.74, 6) is -0.253. The van der Waals surface area contributed by atoms with Gasteiger partial charge >= 0.3 is 0 Å². The van der Waals surface area contributed by atoms with Gasteiger partial charge in [-0.25, -0.2) is 0 Å². The van der Waals surface area contributed by atoms with Gasteiger partial charge in [-0.15, -0.1) is 0 Å². The van der Waals surface area contributed by atoms with Crippen LogP contribution < -0.4 is 4.90 Å². The van der Waals surface area contributed by atoms with E-state index in [0.29, 0.717) is 5.56 Å². The average Bonchev–Trinajstić information content (AvgIpc) is 2.74. The molecular weight excluding hydrogens is 352 g/mol. The van der Waals surface area contributed by atoms with Crippen molar-refractivity contribution in [3.8, 4) is 0 Å². The topological polar surface area (TPSA) is 63.4 Å². The minimum atomic E-state index is -0.480. The SMILES string of the molecule is O=C(c1ccc([N+](=O)[O-])cc1)N(c1ccccc1)c1ccc2ccccc2c1. The number of nitro groups is 1. The second kappa shape index (κ2) is 7.32. The highest BCUT2D eigenvalue weighted by molar-refractivity contribution is 6.11. The lowest BCUT2D eigenvalue weighted by molar-refractivity contribution is -0.384. The van der Waals surface area contributed by atoms with Crippen LogP contribution in [0.3, 0.4) is 0 Å². The first-order chi connectivity index (χ1) is 13.6. The highest BCUT2D eigenvalue weighted by Gasteiger charge is 2.20. The molecule has 5 nitrogen and oxygen atoms in total. The van der Waals surface area contributed by atoms with E-state index in [2.05, 4.69) is 0 Å². The molecule has 0 saturated heterocycles. The van der Waals surface area contributed by atoms with Crippen molar-refractivity contribution < 1.29 is 9.72 Å². The van der Waals surface area contributed by atoms with Crippen LogP contribution in [0.25, 0.3) is 10.8 Å². The summed E-state index contributed by atoms with van der Waals surface area (Å²) in [5.41, 5.74) is 1.78. The number of hydrogen-bond acceptors (Lipinski definition) is 3. The third-order valence-corrected chi connectivity index (χ3v) is 4.53. The Labute approximate surface area is 161 Å². The molecule has 5 heteroatoms. The van der Waals surface area contributed by atoms with Gasteiger partial charge in [0.15, 0.2) is 0 Å². The Morgan fingerprint density at radius 1 is 0.714 bits per heavy atom. The van der Waals surface area contributed by atoms with Crippen LogP contribution in [0.4, 0.5) is 17.1 Å². The summed E-state index contributed by atoms with van der Waals surface area (Å²) in [7, 11) is 0. The third kappa shape index (κ3) is 3.33. The number of rotatable bonds is 4. The maximum Gasteiger partial charge on any atom is 0.269 e. The molecule has 0 atom stereocenters. The van der Waals surface area contributed by atoms with Crippen molar-refractivity contribution in [2.75, 3.05) is 4.90 Å². The van der Waals surface area contributed by atoms with Crippen LogP contribution in [-0.2, 0) is 0 Å². The molecule has 4 rings (SSSR count). The number of amides is 1. The fraction of sp³-hybridized carbons (Fsp3) is 0. The van der Waals surface area contributed by atoms with Crippen LogP contribution in [0.1, 0.15) is 10.4 Å². The van der Waals surface area contributed by atoms with E-state index in [1.807, 2.05) is 72.8 Å². The monoisotopic (exact) mass is 368 g/mol. The Bertz CT molecular complexity index is 1160. The minimum Gasteiger partial charge on any atom is -0.277 e. The number of hydrogen-bond donors (Lipinski definition) is 0. The number of para-hydroxylation sites is 1. The van der Waals surface area contributed by atoms with Crippen LogP contribution in [-0.4, -0.2) is 10.8 Å². The highest BCUT2D eigenvalue weighted by Crippen LogP contribution is 2.30. The summed E-state index contributed by atoms with van der Waals surface area (Å²) in [5, 5.41) is 13.0. The lowest BCUT2D eigenvalue weighted by Crippen LogP contribution is -2.25. The first-order valence-electron chi connectivity index (χ1n) is 8.76. The fourth-order valence-electron chi connectivity index (χ4n) is 3.13. The number of nitrogens with zero attached hydrogens (tertiary/aromatic N) is 2. The van der Waals surface area contributed by atoms with Crippen molar-refractivity contribution in [3.05, 3.63) is 113 Å². The van der Waals surface area contributed by atoms with E-state index in [4.69, 9.17) is 0 Å². The molecule has 0 heterocycles. The van der Waals surface area contributed by atoms with Gasteiger partial charge in [0, 0.05) is 29.1 Å². The van der Waals surface area contributed by atoms with Gasteiger partial charge < -0.3 is 0 Å². The molecule has 4 aromatic carbocycles. The number of non-ortho nitro benzene ring substituents is 1. The molecule has 0 bridgehead atoms. The molecule has 136 valence electrons. The van der Waals surface area contributed by atoms with Gasteiger partial charge in [-0.2, -0.15) is 0 Å². The van der Waals surface area contributed by atoms with Gasteiger partial charge in [0.25, 0.3) is 11.6 Å². The first kappa shape index (κ1) is 17.4. The maximum atomic E-state index is 13.3. The predicted molar refractivity (Wildman–Crippen MR) is 110 cm³/mol. The van der Waals surface area contributed by atoms with Crippen molar-refractivity contribution in [3.63, 3.8) is 0 Å². The zero-order valence-corrected chi connectivity index (χ0v) is 14.9. The molecule has 0 aliphatic rings. The summed E-state index contributed by atoms with van der Waals surface area (Å²) in [6.45, 7) is 0. The van der Waals surface area contributed by atoms with E-state index in [9.17, 15) is 14.9 Å². The van der Waals surface area contributed by atoms with Gasteiger partial charge in [-0.3, -0.25) is 19.8 Å². The molecule has 0 fully saturated rings. The highest BCUT2D eigenvalue weighted by atomic mass is 16.6. The predicted octanol–water partition coefficient (Wildman–Crippen LogP) is 5.73. The van der Waals surface area contributed by atoms with Crippen LogP contribution in [0, 0.1) is 10.1 Å². The molecule has 0 spiro atoms. The maximum absolute atomic E-state index is 13.3. The van der Waals surface area contributed by atoms with Gasteiger partial charge in [0.05, 0.1) is 4.92 Å². The molecular formula is C23H16N2O3. The quantitative estimate of drug-likeness (QED) is 0.341. The average molecular weight is 368 g/mol. The Morgan fingerprint density at radius 3 is 2.04 bits per heavy atom. The molecule has 1 amide bonds. The Kier molecular flexibility index (Phi) is 4.56. The lowest BCUT2D eigenvalue weighted by atomic mass is 10.1. The van der Waals surface area contributed by atoms with Crippen molar-refractivity contribution in [1.82, 2.24) is 0 Å². The number of benzene rings is 4. The van der Waals surface area contributed by atoms with Gasteiger partial charge in [-0.05, 0) is 47.2 Å². The van der Waals surface area contributed by atoms with Crippen LogP contribution in [0.2, 0.25) is 0 Å². The zero-order valence-electron chi connectivity index (χ0n) is 14.9. The Hall–Kier alpha value is -3.99. The fourth-order valence-corrected chi connectivity index (χ4v) is 3.13. The summed E-state index contributed by atoms with van der Waals surface area (Å²) in [6, 6.07) is 28.8. The summed E-state index contributed by atoms with van der Waals surface area (Å²) in [6.07, 6.45) is 0. The van der Waals surface area contributed by atoms with E-state index in [-0.39, 0.29) is 11.6 Å². The number of carbonyl (C=O) groups is 1. The van der Waals surface area contributed by atoms with E-state index in [1.165, 1.54) is 24.3 Å². The van der Waals surface area contributed by atoms with Crippen molar-refractivity contribution in [1.29, 1.82) is 0 Å². The van der Waals surface area contributed by atoms with Crippen molar-refractivity contribution >= 4 is 33.7 Å². The summed E-state index contributed by atoms with van der Waals surface area (Å²) < 4.78 is 0. The Morgan fingerprint density at radius 2 is 1.36 bits per heavy atom. The van der Waals surface area contributed by atoms with Gasteiger partial charge in [0.2, 0.25) is 0 Å². The first-order valence-corrected chi connectivity index (χ1v) is 8.76. The molecule has 0 aliphatic carbocycles. The van der Waals surface area contributed by atoms with Crippen molar-refractivity contribution in [2.24, 2.45) is 0 Å². The van der Waals surface area contributed by atoms with Crippen LogP contribution >= 0.6 is 0 Å². The molecule has 0 aliphatic heterocycles. The number of fused-ring (bicyclic) bond motifs is 1. The van der Waals surface area contributed by atoms with Gasteiger partial charge in [-0.1, -0.05) is 48.5 Å². The summed E-state index contributed by atoms with van der Waals surface area (Å²) in [4.78, 5) is 25.4. The van der Waals surface area contributed by atoms with E-state index in [1.54, 1.807) is 4.90 Å². The minimum absolute atomic E-state index is 0.0477. The number of carbonyl (C=O) groups excluding carboxylic acids is 1. The third-order valence-electron chi connectivity index (χ3n) is 4.53. The van der Waals surface area contributed by atoms with Crippen molar-refractivity contribution in [2.45, 2.75) is 0 Å². The second-order valence-corrected chi connectivity index (χ2v) is 6.31. The normalized spacial score (nSPS) is 10.6. The van der Waals surface area contributed by atoms with Gasteiger partial charge in [0.1, 0.15) is 0 Å². The van der Waals surface area contributed by atoms with E-state index in [0.717, 1.165) is 22.1 Å². The molecule has 28 heavy (non-hydrogen) atoms.